The average molecular weight is 349 g/mol. The van der Waals surface area contributed by atoms with Crippen LogP contribution in [0.5, 0.6) is 5.75 Å². The van der Waals surface area contributed by atoms with Crippen LogP contribution >= 0.6 is 0 Å². The van der Waals surface area contributed by atoms with Gasteiger partial charge in [0.05, 0.1) is 0 Å². The number of aromatic hydroxyl groups is 1. The van der Waals surface area contributed by atoms with Crippen molar-refractivity contribution < 1.29 is 30.9 Å². The van der Waals surface area contributed by atoms with Crippen molar-refractivity contribution >= 4 is 0 Å². The topological polar surface area (TPSA) is 20.2 Å². The molecule has 0 bridgehead atoms. The Kier molecular flexibility index (Phi) is 4.08. The molecule has 0 radical (unpaired) electrons. The Morgan fingerprint density at radius 3 is 1.71 bits per heavy atom. The molecule has 14 heavy (non-hydrogen) atoms. The molecule has 2 heteroatoms. The SMILES string of the molecule is Oc1ccc(-c2ccccc2)cc1.[Hf]. The third-order valence-electron chi connectivity index (χ3n) is 1.97. The molecule has 0 saturated carbocycles. The van der Waals surface area contributed by atoms with Crippen LogP contribution in [0.1, 0.15) is 0 Å². The summed E-state index contributed by atoms with van der Waals surface area (Å²) >= 11 is 0. The summed E-state index contributed by atoms with van der Waals surface area (Å²) in [5.74, 6) is 0.305. The van der Waals surface area contributed by atoms with Crippen LogP contribution in [0.15, 0.2) is 54.6 Å². The Bertz CT molecular complexity index is 381. The first kappa shape index (κ1) is 11.2. The third-order valence-corrected chi connectivity index (χ3v) is 1.97. The summed E-state index contributed by atoms with van der Waals surface area (Å²) in [4.78, 5) is 0. The molecule has 0 aromatic heterocycles. The van der Waals surface area contributed by atoms with Gasteiger partial charge in [0.15, 0.2) is 0 Å². The Morgan fingerprint density at radius 2 is 1.14 bits per heavy atom. The molecule has 1 N–H and O–H groups in total. The maximum atomic E-state index is 9.10. The van der Waals surface area contributed by atoms with Crippen molar-refractivity contribution in [2.75, 3.05) is 0 Å². The molecule has 2 aromatic rings. The van der Waals surface area contributed by atoms with Crippen molar-refractivity contribution in [2.45, 2.75) is 0 Å². The largest absolute Gasteiger partial charge is 0.508 e. The van der Waals surface area contributed by atoms with E-state index in [0.29, 0.717) is 5.75 Å². The molecule has 0 aliphatic rings. The van der Waals surface area contributed by atoms with E-state index in [1.807, 2.05) is 42.5 Å². The number of hydrogen-bond donors (Lipinski definition) is 1. The van der Waals surface area contributed by atoms with Gasteiger partial charge in [0.25, 0.3) is 0 Å². The van der Waals surface area contributed by atoms with E-state index in [2.05, 4.69) is 0 Å². The number of hydrogen-bond acceptors (Lipinski definition) is 1. The molecule has 0 unspecified atom stereocenters. The summed E-state index contributed by atoms with van der Waals surface area (Å²) in [5, 5.41) is 9.10. The van der Waals surface area contributed by atoms with Crippen molar-refractivity contribution in [1.29, 1.82) is 0 Å². The van der Waals surface area contributed by atoms with Gasteiger partial charge < -0.3 is 5.11 Å². The van der Waals surface area contributed by atoms with Crippen LogP contribution in [0.25, 0.3) is 11.1 Å². The second-order valence-electron chi connectivity index (χ2n) is 2.91. The minimum Gasteiger partial charge on any atom is -0.508 e. The molecule has 0 atom stereocenters. The summed E-state index contributed by atoms with van der Waals surface area (Å²) in [7, 11) is 0. The second-order valence-corrected chi connectivity index (χ2v) is 2.91. The minimum absolute atomic E-state index is 0. The molecule has 0 aliphatic heterocycles. The monoisotopic (exact) mass is 350 g/mol. The smallest absolute Gasteiger partial charge is 0.115 e. The molecule has 68 valence electrons. The second kappa shape index (κ2) is 5.11. The van der Waals surface area contributed by atoms with E-state index in [0.717, 1.165) is 5.56 Å². The van der Waals surface area contributed by atoms with Crippen LogP contribution in [0, 0.1) is 0 Å². The summed E-state index contributed by atoms with van der Waals surface area (Å²) in [6, 6.07) is 17.3. The quantitative estimate of drug-likeness (QED) is 0.785. The van der Waals surface area contributed by atoms with Crippen LogP contribution in [-0.4, -0.2) is 5.11 Å². The van der Waals surface area contributed by atoms with Crippen molar-refractivity contribution in [3.05, 3.63) is 54.6 Å². The van der Waals surface area contributed by atoms with Gasteiger partial charge in [-0.1, -0.05) is 42.5 Å². The molecular weight excluding hydrogens is 339 g/mol. The molecule has 0 fully saturated rings. The van der Waals surface area contributed by atoms with Gasteiger partial charge in [0.1, 0.15) is 5.75 Å². The normalized spacial score (nSPS) is 9.14. The molecule has 2 rings (SSSR count). The molecule has 0 saturated heterocycles. The number of benzene rings is 2. The van der Waals surface area contributed by atoms with Crippen molar-refractivity contribution in [1.82, 2.24) is 0 Å². The van der Waals surface area contributed by atoms with Gasteiger partial charge in [0.2, 0.25) is 0 Å². The van der Waals surface area contributed by atoms with Gasteiger partial charge in [-0.3, -0.25) is 0 Å². The van der Waals surface area contributed by atoms with Crippen LogP contribution in [-0.2, 0) is 25.8 Å². The van der Waals surface area contributed by atoms with Gasteiger partial charge in [-0.2, -0.15) is 0 Å². The fourth-order valence-corrected chi connectivity index (χ4v) is 1.28. The maximum Gasteiger partial charge on any atom is 0.115 e. The van der Waals surface area contributed by atoms with Crippen LogP contribution in [0.3, 0.4) is 0 Å². The number of rotatable bonds is 1. The third kappa shape index (κ3) is 2.55. The molecule has 0 amide bonds. The zero-order valence-electron chi connectivity index (χ0n) is 7.64. The number of phenolic OH excluding ortho intramolecular Hbond substituents is 1. The Hall–Kier alpha value is -0.890. The summed E-state index contributed by atoms with van der Waals surface area (Å²) in [6.45, 7) is 0. The van der Waals surface area contributed by atoms with Gasteiger partial charge in [0, 0.05) is 25.8 Å². The van der Waals surface area contributed by atoms with E-state index in [-0.39, 0.29) is 25.8 Å². The van der Waals surface area contributed by atoms with Gasteiger partial charge in [-0.25, -0.2) is 0 Å². The number of phenols is 1. The van der Waals surface area contributed by atoms with Crippen molar-refractivity contribution in [3.63, 3.8) is 0 Å². The summed E-state index contributed by atoms with van der Waals surface area (Å²) in [6.07, 6.45) is 0. The molecule has 0 heterocycles. The molecule has 1 nitrogen and oxygen atoms in total. The standard InChI is InChI=1S/C12H10O.Hf/c13-12-8-6-11(7-9-12)10-4-2-1-3-5-10;/h1-9,13H;. The fourth-order valence-electron chi connectivity index (χ4n) is 1.28. The first-order valence-corrected chi connectivity index (χ1v) is 4.21. The first-order valence-electron chi connectivity index (χ1n) is 4.21. The van der Waals surface area contributed by atoms with E-state index in [1.165, 1.54) is 5.56 Å². The fraction of sp³-hybridized carbons (Fsp3) is 0. The van der Waals surface area contributed by atoms with E-state index < -0.39 is 0 Å². The van der Waals surface area contributed by atoms with Crippen molar-refractivity contribution in [2.24, 2.45) is 0 Å². The zero-order valence-corrected chi connectivity index (χ0v) is 11.2. The minimum atomic E-state index is 0. The average Bonchev–Trinajstić information content (AvgIpc) is 2.20. The summed E-state index contributed by atoms with van der Waals surface area (Å²) in [5.41, 5.74) is 2.29. The van der Waals surface area contributed by atoms with Crippen LogP contribution in [0.4, 0.5) is 0 Å². The van der Waals surface area contributed by atoms with Gasteiger partial charge >= 0.3 is 0 Å². The molecular formula is C12H10HfO. The summed E-state index contributed by atoms with van der Waals surface area (Å²) < 4.78 is 0. The Balaban J connectivity index is 0.000000980. The van der Waals surface area contributed by atoms with Gasteiger partial charge in [-0.05, 0) is 23.3 Å². The molecule has 0 spiro atoms. The zero-order chi connectivity index (χ0) is 9.10. The van der Waals surface area contributed by atoms with Crippen LogP contribution < -0.4 is 0 Å². The first-order chi connectivity index (χ1) is 6.36. The Labute approximate surface area is 102 Å². The van der Waals surface area contributed by atoms with Gasteiger partial charge in [-0.15, -0.1) is 0 Å². The van der Waals surface area contributed by atoms with E-state index in [9.17, 15) is 0 Å². The maximum absolute atomic E-state index is 9.10. The molecule has 0 aliphatic carbocycles. The van der Waals surface area contributed by atoms with Crippen LogP contribution in [0.2, 0.25) is 0 Å². The van der Waals surface area contributed by atoms with E-state index >= 15 is 0 Å². The molecule has 2 aromatic carbocycles. The predicted octanol–water partition coefficient (Wildman–Crippen LogP) is 3.06. The Morgan fingerprint density at radius 1 is 0.643 bits per heavy atom. The predicted molar refractivity (Wildman–Crippen MR) is 53.5 cm³/mol. The van der Waals surface area contributed by atoms with Crippen molar-refractivity contribution in [3.8, 4) is 16.9 Å². The van der Waals surface area contributed by atoms with E-state index in [1.54, 1.807) is 12.1 Å². The van der Waals surface area contributed by atoms with E-state index in [4.69, 9.17) is 5.11 Å².